The Bertz CT molecular complexity index is 1610. The molecule has 2 aromatic heterocycles. The highest BCUT2D eigenvalue weighted by atomic mass is 35.5. The van der Waals surface area contributed by atoms with Crippen molar-refractivity contribution < 1.29 is 9.53 Å². The van der Waals surface area contributed by atoms with Gasteiger partial charge in [0.05, 0.1) is 10.4 Å². The van der Waals surface area contributed by atoms with E-state index in [-0.39, 0.29) is 11.8 Å². The fraction of sp³-hybridized carbons (Fsp3) is 0.207. The summed E-state index contributed by atoms with van der Waals surface area (Å²) in [7, 11) is 1.92. The van der Waals surface area contributed by atoms with Gasteiger partial charge in [0.15, 0.2) is 0 Å². The fourth-order valence-electron chi connectivity index (χ4n) is 5.27. The lowest BCUT2D eigenvalue weighted by molar-refractivity contribution is -0.125. The van der Waals surface area contributed by atoms with Crippen LogP contribution in [0, 0.1) is 29.6 Å². The van der Waals surface area contributed by atoms with E-state index in [0.717, 1.165) is 35.7 Å². The van der Waals surface area contributed by atoms with Crippen molar-refractivity contribution in [3.8, 4) is 34.5 Å². The average Bonchev–Trinajstić information content (AvgIpc) is 3.21. The van der Waals surface area contributed by atoms with Gasteiger partial charge < -0.3 is 19.9 Å². The molecule has 37 heavy (non-hydrogen) atoms. The third-order valence-electron chi connectivity index (χ3n) is 7.22. The summed E-state index contributed by atoms with van der Waals surface area (Å²) in [5.74, 6) is 9.61. The first-order valence-electron chi connectivity index (χ1n) is 12.0. The molecule has 2 aliphatic rings. The highest BCUT2D eigenvalue weighted by Crippen LogP contribution is 2.51. The maximum atomic E-state index is 11.9. The Morgan fingerprint density at radius 3 is 2.62 bits per heavy atom. The normalized spacial score (nSPS) is 19.7. The minimum absolute atomic E-state index is 0.0155. The minimum atomic E-state index is -0.0155. The lowest BCUT2D eigenvalue weighted by Gasteiger charge is -2.16. The molecule has 8 heteroatoms. The number of aromatic nitrogens is 3. The number of nitrogens with zero attached hydrogens (tertiary/aromatic N) is 4. The van der Waals surface area contributed by atoms with Gasteiger partial charge in [0.25, 0.3) is 0 Å². The zero-order valence-electron chi connectivity index (χ0n) is 20.2. The van der Waals surface area contributed by atoms with Crippen LogP contribution in [0.5, 0.6) is 11.5 Å². The van der Waals surface area contributed by atoms with Gasteiger partial charge >= 0.3 is 0 Å². The molecule has 1 saturated heterocycles. The number of hydrogen-bond donors (Lipinski definition) is 1. The largest absolute Gasteiger partial charge is 0.457 e. The van der Waals surface area contributed by atoms with Crippen LogP contribution in [0.1, 0.15) is 5.69 Å². The number of carbonyl (C=O) groups excluding carboxylic acids is 1. The van der Waals surface area contributed by atoms with E-state index in [1.54, 1.807) is 6.07 Å². The van der Waals surface area contributed by atoms with E-state index in [1.807, 2.05) is 59.0 Å². The molecule has 2 fully saturated rings. The van der Waals surface area contributed by atoms with Crippen molar-refractivity contribution in [2.75, 3.05) is 18.8 Å². The van der Waals surface area contributed by atoms with E-state index < -0.39 is 0 Å². The van der Waals surface area contributed by atoms with E-state index in [2.05, 4.69) is 28.4 Å². The second kappa shape index (κ2) is 8.99. The van der Waals surface area contributed by atoms with Gasteiger partial charge in [-0.1, -0.05) is 42.3 Å². The van der Waals surface area contributed by atoms with Gasteiger partial charge in [0, 0.05) is 43.2 Å². The van der Waals surface area contributed by atoms with Crippen LogP contribution in [-0.2, 0) is 11.8 Å². The van der Waals surface area contributed by atoms with Crippen LogP contribution in [0.2, 0.25) is 5.02 Å². The van der Waals surface area contributed by atoms with Crippen molar-refractivity contribution in [1.82, 2.24) is 19.4 Å². The molecule has 2 aromatic carbocycles. The highest BCUT2D eigenvalue weighted by Gasteiger charge is 2.55. The molecule has 1 aliphatic carbocycles. The number of ether oxygens (including phenoxy) is 1. The Morgan fingerprint density at radius 2 is 1.92 bits per heavy atom. The summed E-state index contributed by atoms with van der Waals surface area (Å²) in [6.07, 6.45) is 2.83. The van der Waals surface area contributed by atoms with Crippen LogP contribution in [0.25, 0.3) is 22.2 Å². The smallest absolute Gasteiger partial charge is 0.245 e. The summed E-state index contributed by atoms with van der Waals surface area (Å²) in [6, 6.07) is 15.1. The second-order valence-electron chi connectivity index (χ2n) is 9.37. The lowest BCUT2D eigenvalue weighted by atomic mass is 10.0. The molecule has 1 aliphatic heterocycles. The number of fused-ring (bicyclic) bond motifs is 2. The molecule has 3 atom stereocenters. The van der Waals surface area contributed by atoms with Crippen LogP contribution in [0.3, 0.4) is 0 Å². The Kier molecular flexibility index (Phi) is 5.62. The first-order valence-corrected chi connectivity index (χ1v) is 12.4. The van der Waals surface area contributed by atoms with Gasteiger partial charge in [0.2, 0.25) is 5.91 Å². The predicted octanol–water partition coefficient (Wildman–Crippen LogP) is 4.91. The molecule has 6 rings (SSSR count). The van der Waals surface area contributed by atoms with Gasteiger partial charge in [0.1, 0.15) is 35.0 Å². The number of anilines is 1. The van der Waals surface area contributed by atoms with Crippen molar-refractivity contribution >= 4 is 34.4 Å². The predicted molar refractivity (Wildman–Crippen MR) is 144 cm³/mol. The van der Waals surface area contributed by atoms with E-state index in [9.17, 15) is 4.79 Å². The van der Waals surface area contributed by atoms with Crippen LogP contribution < -0.4 is 10.5 Å². The number of halogens is 1. The van der Waals surface area contributed by atoms with E-state index in [0.29, 0.717) is 39.5 Å². The molecule has 1 amide bonds. The maximum Gasteiger partial charge on any atom is 0.245 e. The quantitative estimate of drug-likeness (QED) is 0.312. The topological polar surface area (TPSA) is 86.3 Å². The summed E-state index contributed by atoms with van der Waals surface area (Å²) in [6.45, 7) is 5.04. The maximum absolute atomic E-state index is 11.9. The zero-order valence-corrected chi connectivity index (χ0v) is 20.9. The van der Waals surface area contributed by atoms with Gasteiger partial charge in [-0.3, -0.25) is 4.79 Å². The fourth-order valence-corrected chi connectivity index (χ4v) is 5.54. The second-order valence-corrected chi connectivity index (χ2v) is 9.77. The SMILES string of the molecule is C=CC(=O)N1C[C@@H]2[C@@H](C#Cc3c(-c4ccc(Oc5ccccc5)cc4Cl)c4c(N)ncnc4n3C)[C@@H]2C1. The molecule has 1 saturated carbocycles. The number of piperidine rings is 1. The minimum Gasteiger partial charge on any atom is -0.457 e. The van der Waals surface area contributed by atoms with Crippen LogP contribution in [0.15, 0.2) is 67.5 Å². The Hall–Kier alpha value is -4.28. The number of rotatable bonds is 4. The van der Waals surface area contributed by atoms with E-state index in [1.165, 1.54) is 12.4 Å². The van der Waals surface area contributed by atoms with Crippen molar-refractivity contribution in [2.45, 2.75) is 0 Å². The zero-order chi connectivity index (χ0) is 25.7. The highest BCUT2D eigenvalue weighted by molar-refractivity contribution is 6.34. The summed E-state index contributed by atoms with van der Waals surface area (Å²) >= 11 is 6.81. The molecule has 2 N–H and O–H groups in total. The standard InChI is InChI=1S/C29H24ClN5O2/c1-3-25(36)35-14-21-19(22(21)15-35)11-12-24-26(27-28(31)32-16-33-29(27)34(24)2)20-10-9-18(13-23(20)30)37-17-7-5-4-6-8-17/h3-10,13,16,19,21-22H,1,14-15H2,2H3,(H2,31,32,33)/t19-,21-,22+. The van der Waals surface area contributed by atoms with E-state index >= 15 is 0 Å². The summed E-state index contributed by atoms with van der Waals surface area (Å²) in [5, 5.41) is 1.22. The molecular formula is C29H24ClN5O2. The number of hydrogen-bond acceptors (Lipinski definition) is 5. The monoisotopic (exact) mass is 509 g/mol. The van der Waals surface area contributed by atoms with Crippen LogP contribution in [0.4, 0.5) is 5.82 Å². The number of nitrogen functional groups attached to an aromatic ring is 1. The van der Waals surface area contributed by atoms with Gasteiger partial charge in [-0.25, -0.2) is 9.97 Å². The molecule has 0 unspecified atom stereocenters. The van der Waals surface area contributed by atoms with Crippen LogP contribution >= 0.6 is 11.6 Å². The number of likely N-dealkylation sites (tertiary alicyclic amines) is 1. The number of para-hydroxylation sites is 1. The first kappa shape index (κ1) is 23.1. The van der Waals surface area contributed by atoms with Crippen molar-refractivity contribution in [3.63, 3.8) is 0 Å². The van der Waals surface area contributed by atoms with Crippen LogP contribution in [-0.4, -0.2) is 38.4 Å². The van der Waals surface area contributed by atoms with Gasteiger partial charge in [-0.05, 0) is 48.1 Å². The van der Waals surface area contributed by atoms with E-state index in [4.69, 9.17) is 22.1 Å². The Balaban J connectivity index is 1.37. The van der Waals surface area contributed by atoms with Crippen molar-refractivity contribution in [1.29, 1.82) is 0 Å². The number of aryl methyl sites for hydroxylation is 1. The van der Waals surface area contributed by atoms with Crippen molar-refractivity contribution in [2.24, 2.45) is 24.8 Å². The summed E-state index contributed by atoms with van der Waals surface area (Å²) < 4.78 is 7.90. The molecule has 4 aromatic rings. The number of benzene rings is 2. The van der Waals surface area contributed by atoms with Crippen molar-refractivity contribution in [3.05, 3.63) is 78.2 Å². The number of amides is 1. The third kappa shape index (κ3) is 4.00. The average molecular weight is 510 g/mol. The molecule has 0 bridgehead atoms. The molecule has 0 radical (unpaired) electrons. The first-order chi connectivity index (χ1) is 18.0. The van der Waals surface area contributed by atoms with Gasteiger partial charge in [-0.15, -0.1) is 0 Å². The number of carbonyl (C=O) groups is 1. The molecule has 0 spiro atoms. The summed E-state index contributed by atoms with van der Waals surface area (Å²) in [5.41, 5.74) is 9.36. The number of nitrogens with two attached hydrogens (primary N) is 1. The molecule has 3 heterocycles. The Labute approximate surface area is 219 Å². The molecule has 184 valence electrons. The third-order valence-corrected chi connectivity index (χ3v) is 7.54. The molecular weight excluding hydrogens is 486 g/mol. The molecule has 7 nitrogen and oxygen atoms in total. The Morgan fingerprint density at radius 1 is 1.16 bits per heavy atom. The van der Waals surface area contributed by atoms with Gasteiger partial charge in [-0.2, -0.15) is 0 Å². The summed E-state index contributed by atoms with van der Waals surface area (Å²) in [4.78, 5) is 22.5. The lowest BCUT2D eigenvalue weighted by Crippen LogP contribution is -2.29.